The zero-order valence-corrected chi connectivity index (χ0v) is 14.4. The molecule has 1 aromatic rings. The molecule has 2 saturated heterocycles. The Balaban J connectivity index is 1.69. The molecule has 1 aromatic carbocycles. The standard InChI is InChI=1S/C18H23N3O4/c1-14(22)19-7-9-20(10-8-19)18(24)16-12-25-13-17(23)21(16)11-15-5-3-2-4-6-15/h2-6,16H,7-13H2,1H3/t16-/m0/s1. The number of benzene rings is 1. The van der Waals surface area contributed by atoms with Crippen LogP contribution in [-0.2, 0) is 25.7 Å². The number of morpholine rings is 1. The second kappa shape index (κ2) is 7.65. The van der Waals surface area contributed by atoms with Gasteiger partial charge in [0.2, 0.25) is 17.7 Å². The van der Waals surface area contributed by atoms with Gasteiger partial charge >= 0.3 is 0 Å². The third-order valence-corrected chi connectivity index (χ3v) is 4.72. The largest absolute Gasteiger partial charge is 0.369 e. The Bertz CT molecular complexity index is 641. The second-order valence-corrected chi connectivity index (χ2v) is 6.37. The van der Waals surface area contributed by atoms with Crippen LogP contribution in [0.1, 0.15) is 12.5 Å². The van der Waals surface area contributed by atoms with Crippen molar-refractivity contribution < 1.29 is 19.1 Å². The van der Waals surface area contributed by atoms with Crippen LogP contribution in [0, 0.1) is 0 Å². The van der Waals surface area contributed by atoms with E-state index in [0.717, 1.165) is 5.56 Å². The van der Waals surface area contributed by atoms with Crippen molar-refractivity contribution in [2.45, 2.75) is 19.5 Å². The molecular formula is C18H23N3O4. The summed E-state index contributed by atoms with van der Waals surface area (Å²) in [4.78, 5) is 41.7. The first-order valence-electron chi connectivity index (χ1n) is 8.51. The molecule has 0 aromatic heterocycles. The number of carbonyl (C=O) groups is 3. The first-order chi connectivity index (χ1) is 12.1. The van der Waals surface area contributed by atoms with Gasteiger partial charge in [-0.1, -0.05) is 30.3 Å². The van der Waals surface area contributed by atoms with Gasteiger partial charge in [0.05, 0.1) is 6.61 Å². The van der Waals surface area contributed by atoms with Crippen molar-refractivity contribution in [2.75, 3.05) is 39.4 Å². The molecule has 0 radical (unpaired) electrons. The minimum atomic E-state index is -0.606. The quantitative estimate of drug-likeness (QED) is 0.779. The van der Waals surface area contributed by atoms with E-state index in [0.29, 0.717) is 32.7 Å². The van der Waals surface area contributed by atoms with Crippen LogP contribution >= 0.6 is 0 Å². The maximum atomic E-state index is 12.9. The van der Waals surface area contributed by atoms with Crippen molar-refractivity contribution in [3.05, 3.63) is 35.9 Å². The van der Waals surface area contributed by atoms with Crippen molar-refractivity contribution in [3.8, 4) is 0 Å². The molecule has 2 aliphatic rings. The highest BCUT2D eigenvalue weighted by molar-refractivity contribution is 5.89. The highest BCUT2D eigenvalue weighted by atomic mass is 16.5. The summed E-state index contributed by atoms with van der Waals surface area (Å²) in [5.41, 5.74) is 0.983. The van der Waals surface area contributed by atoms with Gasteiger partial charge in [-0.05, 0) is 5.56 Å². The third kappa shape index (κ3) is 3.99. The zero-order chi connectivity index (χ0) is 17.8. The highest BCUT2D eigenvalue weighted by Gasteiger charge is 2.37. The average Bonchev–Trinajstić information content (AvgIpc) is 2.64. The van der Waals surface area contributed by atoms with E-state index in [2.05, 4.69) is 0 Å². The minimum Gasteiger partial charge on any atom is -0.369 e. The van der Waals surface area contributed by atoms with Crippen LogP contribution in [-0.4, -0.2) is 77.9 Å². The van der Waals surface area contributed by atoms with E-state index in [1.807, 2.05) is 30.3 Å². The van der Waals surface area contributed by atoms with Crippen LogP contribution in [0.3, 0.4) is 0 Å². The molecule has 3 rings (SSSR count). The molecule has 0 unspecified atom stereocenters. The Labute approximate surface area is 147 Å². The van der Waals surface area contributed by atoms with E-state index in [-0.39, 0.29) is 30.9 Å². The smallest absolute Gasteiger partial charge is 0.249 e. The fourth-order valence-electron chi connectivity index (χ4n) is 3.24. The molecule has 0 bridgehead atoms. The van der Waals surface area contributed by atoms with Crippen molar-refractivity contribution in [2.24, 2.45) is 0 Å². The second-order valence-electron chi connectivity index (χ2n) is 6.37. The number of amides is 3. The molecular weight excluding hydrogens is 322 g/mol. The van der Waals surface area contributed by atoms with E-state index >= 15 is 0 Å². The van der Waals surface area contributed by atoms with E-state index in [1.165, 1.54) is 6.92 Å². The molecule has 7 heteroatoms. The Morgan fingerprint density at radius 3 is 2.36 bits per heavy atom. The number of piperazine rings is 1. The van der Waals surface area contributed by atoms with Gasteiger partial charge in [-0.2, -0.15) is 0 Å². The lowest BCUT2D eigenvalue weighted by atomic mass is 10.1. The Morgan fingerprint density at radius 1 is 1.08 bits per heavy atom. The van der Waals surface area contributed by atoms with Gasteiger partial charge in [-0.25, -0.2) is 0 Å². The molecule has 134 valence electrons. The first kappa shape index (κ1) is 17.4. The average molecular weight is 345 g/mol. The molecule has 3 amide bonds. The first-order valence-corrected chi connectivity index (χ1v) is 8.51. The summed E-state index contributed by atoms with van der Waals surface area (Å²) < 4.78 is 5.33. The van der Waals surface area contributed by atoms with Gasteiger partial charge in [-0.3, -0.25) is 14.4 Å². The summed E-state index contributed by atoms with van der Waals surface area (Å²) in [5.74, 6) is -0.253. The van der Waals surface area contributed by atoms with Crippen LogP contribution in [0.5, 0.6) is 0 Å². The fraction of sp³-hybridized carbons (Fsp3) is 0.500. The number of hydrogen-bond donors (Lipinski definition) is 0. The number of rotatable bonds is 3. The van der Waals surface area contributed by atoms with Crippen LogP contribution in [0.25, 0.3) is 0 Å². The molecule has 25 heavy (non-hydrogen) atoms. The maximum absolute atomic E-state index is 12.9. The summed E-state index contributed by atoms with van der Waals surface area (Å²) in [5, 5.41) is 0. The van der Waals surface area contributed by atoms with Gasteiger partial charge in [0.1, 0.15) is 12.6 Å². The summed E-state index contributed by atoms with van der Waals surface area (Å²) in [6.45, 7) is 4.19. The molecule has 1 atom stereocenters. The van der Waals surface area contributed by atoms with Gasteiger partial charge in [0.15, 0.2) is 0 Å². The molecule has 0 N–H and O–H groups in total. The Morgan fingerprint density at radius 2 is 1.72 bits per heavy atom. The maximum Gasteiger partial charge on any atom is 0.249 e. The monoisotopic (exact) mass is 345 g/mol. The Kier molecular flexibility index (Phi) is 5.33. The van der Waals surface area contributed by atoms with E-state index < -0.39 is 6.04 Å². The SMILES string of the molecule is CC(=O)N1CCN(C(=O)[C@@H]2COCC(=O)N2Cc2ccccc2)CC1. The predicted molar refractivity (Wildman–Crippen MR) is 90.4 cm³/mol. The normalized spacial score (nSPS) is 21.4. The lowest BCUT2D eigenvalue weighted by Gasteiger charge is -2.40. The lowest BCUT2D eigenvalue weighted by Crippen LogP contribution is -2.59. The van der Waals surface area contributed by atoms with Crippen LogP contribution < -0.4 is 0 Å². The highest BCUT2D eigenvalue weighted by Crippen LogP contribution is 2.17. The minimum absolute atomic E-state index is 0.00866. The van der Waals surface area contributed by atoms with Gasteiger partial charge in [0, 0.05) is 39.6 Å². The topological polar surface area (TPSA) is 70.2 Å². The molecule has 2 aliphatic heterocycles. The number of ether oxygens (including phenoxy) is 1. The third-order valence-electron chi connectivity index (χ3n) is 4.72. The molecule has 7 nitrogen and oxygen atoms in total. The Hall–Kier alpha value is -2.41. The molecule has 2 heterocycles. The fourth-order valence-corrected chi connectivity index (χ4v) is 3.24. The number of carbonyl (C=O) groups excluding carboxylic acids is 3. The van der Waals surface area contributed by atoms with Crippen LogP contribution in [0.15, 0.2) is 30.3 Å². The summed E-state index contributed by atoms with van der Waals surface area (Å²) in [7, 11) is 0. The number of nitrogens with zero attached hydrogens (tertiary/aromatic N) is 3. The van der Waals surface area contributed by atoms with Gasteiger partial charge < -0.3 is 19.4 Å². The van der Waals surface area contributed by atoms with E-state index in [4.69, 9.17) is 4.74 Å². The van der Waals surface area contributed by atoms with E-state index in [1.54, 1.807) is 14.7 Å². The summed E-state index contributed by atoms with van der Waals surface area (Å²) >= 11 is 0. The zero-order valence-electron chi connectivity index (χ0n) is 14.4. The van der Waals surface area contributed by atoms with Gasteiger partial charge in [0.25, 0.3) is 0 Å². The van der Waals surface area contributed by atoms with Crippen molar-refractivity contribution in [1.82, 2.24) is 14.7 Å². The molecule has 0 aliphatic carbocycles. The van der Waals surface area contributed by atoms with Gasteiger partial charge in [-0.15, -0.1) is 0 Å². The summed E-state index contributed by atoms with van der Waals surface area (Å²) in [6.07, 6.45) is 0. The van der Waals surface area contributed by atoms with Crippen molar-refractivity contribution in [1.29, 1.82) is 0 Å². The van der Waals surface area contributed by atoms with Crippen molar-refractivity contribution in [3.63, 3.8) is 0 Å². The number of hydrogen-bond acceptors (Lipinski definition) is 4. The lowest BCUT2D eigenvalue weighted by molar-refractivity contribution is -0.161. The molecule has 0 spiro atoms. The van der Waals surface area contributed by atoms with Crippen LogP contribution in [0.4, 0.5) is 0 Å². The molecule has 2 fully saturated rings. The predicted octanol–water partition coefficient (Wildman–Crippen LogP) is 0.105. The van der Waals surface area contributed by atoms with Crippen LogP contribution in [0.2, 0.25) is 0 Å². The van der Waals surface area contributed by atoms with E-state index in [9.17, 15) is 14.4 Å². The van der Waals surface area contributed by atoms with Crippen molar-refractivity contribution >= 4 is 17.7 Å². The molecule has 0 saturated carbocycles. The summed E-state index contributed by atoms with van der Waals surface area (Å²) in [6, 6.07) is 9.02.